The van der Waals surface area contributed by atoms with Gasteiger partial charge in [0, 0.05) is 6.20 Å². The van der Waals surface area contributed by atoms with Gasteiger partial charge >= 0.3 is 0 Å². The van der Waals surface area contributed by atoms with Crippen LogP contribution in [-0.4, -0.2) is 22.9 Å². The molecule has 0 unspecified atom stereocenters. The maximum Gasteiger partial charge on any atom is 0.250 e. The molecule has 0 radical (unpaired) electrons. The number of rotatable bonds is 5. The van der Waals surface area contributed by atoms with E-state index in [1.54, 1.807) is 12.4 Å². The Balaban J connectivity index is 1.76. The lowest BCUT2D eigenvalue weighted by Gasteiger charge is -1.99. The fourth-order valence-corrected chi connectivity index (χ4v) is 2.09. The van der Waals surface area contributed by atoms with Gasteiger partial charge in [-0.25, -0.2) is 10.4 Å². The molecule has 4 nitrogen and oxygen atoms in total. The molecule has 1 heterocycles. The number of carbonyl (C=O) groups is 1. The normalized spacial score (nSPS) is 10.7. The Morgan fingerprint density at radius 3 is 2.80 bits per heavy atom. The smallest absolute Gasteiger partial charge is 0.250 e. The minimum absolute atomic E-state index is 0.149. The molecule has 0 fully saturated rings. The zero-order chi connectivity index (χ0) is 14.2. The standard InChI is InChI=1S/C15H15N3OS/c1-12-5-7-13(8-6-12)10-17-18-14(19)11-20-15-4-2-3-9-16-15/h2-10H,11H2,1H3,(H,18,19)/b17-10+. The van der Waals surface area contributed by atoms with Gasteiger partial charge in [-0.3, -0.25) is 4.79 Å². The molecule has 0 bridgehead atoms. The first kappa shape index (κ1) is 14.3. The fourth-order valence-electron chi connectivity index (χ4n) is 1.44. The van der Waals surface area contributed by atoms with E-state index < -0.39 is 0 Å². The second-order valence-electron chi connectivity index (χ2n) is 4.16. The fraction of sp³-hybridized carbons (Fsp3) is 0.133. The molecule has 0 atom stereocenters. The van der Waals surface area contributed by atoms with E-state index >= 15 is 0 Å². The van der Waals surface area contributed by atoms with Gasteiger partial charge in [-0.2, -0.15) is 5.10 Å². The molecule has 0 aliphatic rings. The summed E-state index contributed by atoms with van der Waals surface area (Å²) in [4.78, 5) is 15.7. The third-order valence-corrected chi connectivity index (χ3v) is 3.41. The average Bonchev–Trinajstić information content (AvgIpc) is 2.48. The van der Waals surface area contributed by atoms with Crippen molar-refractivity contribution < 1.29 is 4.79 Å². The first-order valence-corrected chi connectivity index (χ1v) is 7.15. The highest BCUT2D eigenvalue weighted by Gasteiger charge is 2.01. The molecule has 5 heteroatoms. The lowest BCUT2D eigenvalue weighted by molar-refractivity contribution is -0.118. The van der Waals surface area contributed by atoms with Gasteiger partial charge in [-0.1, -0.05) is 47.7 Å². The molecule has 1 aromatic heterocycles. The van der Waals surface area contributed by atoms with E-state index in [4.69, 9.17) is 0 Å². The molecule has 1 amide bonds. The van der Waals surface area contributed by atoms with Crippen molar-refractivity contribution in [3.63, 3.8) is 0 Å². The van der Waals surface area contributed by atoms with E-state index in [0.29, 0.717) is 5.75 Å². The molecule has 0 spiro atoms. The van der Waals surface area contributed by atoms with Crippen molar-refractivity contribution in [2.24, 2.45) is 5.10 Å². The van der Waals surface area contributed by atoms with Gasteiger partial charge in [0.1, 0.15) is 0 Å². The number of carbonyl (C=O) groups excluding carboxylic acids is 1. The minimum atomic E-state index is -0.149. The van der Waals surface area contributed by atoms with Crippen LogP contribution in [0.25, 0.3) is 0 Å². The number of nitrogens with one attached hydrogen (secondary N) is 1. The van der Waals surface area contributed by atoms with Crippen LogP contribution < -0.4 is 5.43 Å². The molecular formula is C15H15N3OS. The van der Waals surface area contributed by atoms with Crippen molar-refractivity contribution in [1.82, 2.24) is 10.4 Å². The summed E-state index contributed by atoms with van der Waals surface area (Å²) in [6, 6.07) is 13.5. The van der Waals surface area contributed by atoms with Gasteiger partial charge in [0.15, 0.2) is 0 Å². The van der Waals surface area contributed by atoms with Crippen LogP contribution in [0.3, 0.4) is 0 Å². The molecule has 0 saturated heterocycles. The molecule has 1 N–H and O–H groups in total. The van der Waals surface area contributed by atoms with Crippen LogP contribution in [0.4, 0.5) is 0 Å². The monoisotopic (exact) mass is 285 g/mol. The lowest BCUT2D eigenvalue weighted by Crippen LogP contribution is -2.19. The summed E-state index contributed by atoms with van der Waals surface area (Å²) in [6.07, 6.45) is 3.33. The topological polar surface area (TPSA) is 54.4 Å². The lowest BCUT2D eigenvalue weighted by atomic mass is 10.2. The van der Waals surface area contributed by atoms with Gasteiger partial charge in [-0.05, 0) is 24.6 Å². The summed E-state index contributed by atoms with van der Waals surface area (Å²) in [7, 11) is 0. The van der Waals surface area contributed by atoms with E-state index in [0.717, 1.165) is 10.6 Å². The molecular weight excluding hydrogens is 270 g/mol. The Bertz CT molecular complexity index is 582. The first-order valence-electron chi connectivity index (χ1n) is 6.16. The Morgan fingerprint density at radius 1 is 1.30 bits per heavy atom. The van der Waals surface area contributed by atoms with E-state index in [-0.39, 0.29) is 5.91 Å². The zero-order valence-electron chi connectivity index (χ0n) is 11.1. The number of benzene rings is 1. The number of aromatic nitrogens is 1. The van der Waals surface area contributed by atoms with Crippen LogP contribution in [0, 0.1) is 6.92 Å². The molecule has 0 aliphatic heterocycles. The molecule has 102 valence electrons. The number of hydrogen-bond acceptors (Lipinski definition) is 4. The zero-order valence-corrected chi connectivity index (χ0v) is 11.9. The maximum absolute atomic E-state index is 11.6. The molecule has 2 rings (SSSR count). The predicted octanol–water partition coefficient (Wildman–Crippen LogP) is 2.63. The van der Waals surface area contributed by atoms with Crippen molar-refractivity contribution in [2.45, 2.75) is 11.9 Å². The van der Waals surface area contributed by atoms with Crippen LogP contribution in [0.2, 0.25) is 0 Å². The molecule has 0 saturated carbocycles. The van der Waals surface area contributed by atoms with E-state index in [1.807, 2.05) is 49.4 Å². The molecule has 0 aliphatic carbocycles. The second-order valence-corrected chi connectivity index (χ2v) is 5.16. The number of pyridine rings is 1. The van der Waals surface area contributed by atoms with E-state index in [1.165, 1.54) is 17.3 Å². The Hall–Kier alpha value is -2.14. The Morgan fingerprint density at radius 2 is 2.10 bits per heavy atom. The summed E-state index contributed by atoms with van der Waals surface area (Å²) < 4.78 is 0. The Labute approximate surface area is 122 Å². The van der Waals surface area contributed by atoms with Gasteiger partial charge in [0.25, 0.3) is 0 Å². The number of nitrogens with zero attached hydrogens (tertiary/aromatic N) is 2. The van der Waals surface area contributed by atoms with Gasteiger partial charge in [0.2, 0.25) is 5.91 Å². The summed E-state index contributed by atoms with van der Waals surface area (Å²) in [6.45, 7) is 2.03. The largest absolute Gasteiger partial charge is 0.272 e. The van der Waals surface area contributed by atoms with E-state index in [2.05, 4.69) is 15.5 Å². The summed E-state index contributed by atoms with van der Waals surface area (Å²) in [5.74, 6) is 0.145. The predicted molar refractivity (Wildman–Crippen MR) is 81.9 cm³/mol. The maximum atomic E-state index is 11.6. The van der Waals surface area contributed by atoms with E-state index in [9.17, 15) is 4.79 Å². The number of amides is 1. The summed E-state index contributed by atoms with van der Waals surface area (Å²) >= 11 is 1.38. The van der Waals surface area contributed by atoms with Gasteiger partial charge < -0.3 is 0 Å². The Kier molecular flexibility index (Phi) is 5.32. The summed E-state index contributed by atoms with van der Waals surface area (Å²) in [5.41, 5.74) is 4.64. The first-order chi connectivity index (χ1) is 9.74. The van der Waals surface area contributed by atoms with Crippen LogP contribution in [-0.2, 0) is 4.79 Å². The van der Waals surface area contributed by atoms with Crippen molar-refractivity contribution in [3.8, 4) is 0 Å². The molecule has 20 heavy (non-hydrogen) atoms. The minimum Gasteiger partial charge on any atom is -0.272 e. The van der Waals surface area contributed by atoms with Gasteiger partial charge in [-0.15, -0.1) is 0 Å². The third-order valence-electron chi connectivity index (χ3n) is 2.47. The highest BCUT2D eigenvalue weighted by molar-refractivity contribution is 7.99. The number of thioether (sulfide) groups is 1. The number of hydrogen-bond donors (Lipinski definition) is 1. The van der Waals surface area contributed by atoms with Crippen molar-refractivity contribution in [2.75, 3.05) is 5.75 Å². The van der Waals surface area contributed by atoms with Crippen molar-refractivity contribution in [1.29, 1.82) is 0 Å². The van der Waals surface area contributed by atoms with Crippen molar-refractivity contribution >= 4 is 23.9 Å². The molecule has 2 aromatic rings. The quantitative estimate of drug-likeness (QED) is 0.522. The highest BCUT2D eigenvalue weighted by Crippen LogP contribution is 2.12. The van der Waals surface area contributed by atoms with Crippen LogP contribution in [0.5, 0.6) is 0 Å². The second kappa shape index (κ2) is 7.45. The number of aryl methyl sites for hydroxylation is 1. The average molecular weight is 285 g/mol. The number of hydrazone groups is 1. The van der Waals surface area contributed by atoms with Crippen LogP contribution >= 0.6 is 11.8 Å². The van der Waals surface area contributed by atoms with Crippen molar-refractivity contribution in [3.05, 3.63) is 59.8 Å². The molecule has 1 aromatic carbocycles. The SMILES string of the molecule is Cc1ccc(/C=N/NC(=O)CSc2ccccn2)cc1. The third kappa shape index (κ3) is 4.85. The van der Waals surface area contributed by atoms with Crippen LogP contribution in [0.15, 0.2) is 58.8 Å². The highest BCUT2D eigenvalue weighted by atomic mass is 32.2. The van der Waals surface area contributed by atoms with Gasteiger partial charge in [0.05, 0.1) is 17.0 Å². The summed E-state index contributed by atoms with van der Waals surface area (Å²) in [5, 5.41) is 4.75. The van der Waals surface area contributed by atoms with Crippen LogP contribution in [0.1, 0.15) is 11.1 Å².